The molecule has 2 heterocycles. The van der Waals surface area contributed by atoms with Crippen LogP contribution in [0.4, 0.5) is 11.4 Å². The molecule has 0 saturated carbocycles. The van der Waals surface area contributed by atoms with Crippen molar-refractivity contribution in [2.75, 3.05) is 5.32 Å². The van der Waals surface area contributed by atoms with Crippen molar-refractivity contribution in [1.82, 2.24) is 30.0 Å². The number of hydrogen-bond acceptors (Lipinski definition) is 7. The second-order valence-electron chi connectivity index (χ2n) is 8.03. The predicted octanol–water partition coefficient (Wildman–Crippen LogP) is 4.04. The van der Waals surface area contributed by atoms with E-state index in [9.17, 15) is 14.9 Å². The maximum atomic E-state index is 12.9. The van der Waals surface area contributed by atoms with Gasteiger partial charge in [-0.2, -0.15) is 0 Å². The summed E-state index contributed by atoms with van der Waals surface area (Å²) in [5.74, 6) is -0.425. The van der Waals surface area contributed by atoms with E-state index in [1.54, 1.807) is 29.8 Å². The number of rotatable bonds is 7. The number of non-ortho nitro benzene ring substituents is 1. The minimum Gasteiger partial charge on any atom is -0.321 e. The molecule has 0 aliphatic carbocycles. The van der Waals surface area contributed by atoms with E-state index in [2.05, 4.69) is 25.9 Å². The molecule has 1 N–H and O–H groups in total. The summed E-state index contributed by atoms with van der Waals surface area (Å²) in [5.41, 5.74) is 4.35. The topological polar surface area (TPSA) is 134 Å². The Labute approximate surface area is 205 Å². The third-order valence-electron chi connectivity index (χ3n) is 5.56. The average Bonchev–Trinajstić information content (AvgIpc) is 3.51. The molecule has 0 aliphatic heterocycles. The molecule has 0 bridgehead atoms. The van der Waals surface area contributed by atoms with Gasteiger partial charge >= 0.3 is 0 Å². The van der Waals surface area contributed by atoms with Crippen molar-refractivity contribution in [1.29, 1.82) is 0 Å². The summed E-state index contributed by atoms with van der Waals surface area (Å²) in [6.45, 7) is 2.31. The highest BCUT2D eigenvalue weighted by molar-refractivity contribution is 6.03. The third kappa shape index (κ3) is 4.71. The zero-order valence-corrected chi connectivity index (χ0v) is 19.1. The van der Waals surface area contributed by atoms with Crippen molar-refractivity contribution in [2.24, 2.45) is 0 Å². The van der Waals surface area contributed by atoms with Crippen LogP contribution in [-0.4, -0.2) is 40.8 Å². The molecule has 0 aliphatic rings. The molecule has 1 amide bonds. The number of nitro benzene ring substituents is 1. The monoisotopic (exact) mass is 480 g/mol. The molecule has 3 aromatic carbocycles. The lowest BCUT2D eigenvalue weighted by molar-refractivity contribution is -0.384. The molecule has 11 nitrogen and oxygen atoms in total. The number of carbonyl (C=O) groups excluding carboxylic acids is 1. The van der Waals surface area contributed by atoms with Crippen molar-refractivity contribution in [3.05, 3.63) is 112 Å². The Balaban J connectivity index is 1.31. The van der Waals surface area contributed by atoms with E-state index in [0.29, 0.717) is 29.3 Å². The first-order valence-electron chi connectivity index (χ1n) is 11.0. The summed E-state index contributed by atoms with van der Waals surface area (Å²) in [6.07, 6.45) is 1.86. The number of anilines is 1. The van der Waals surface area contributed by atoms with Gasteiger partial charge in [0.15, 0.2) is 5.69 Å². The lowest BCUT2D eigenvalue weighted by Gasteiger charge is -2.06. The molecule has 0 atom stereocenters. The fourth-order valence-corrected chi connectivity index (χ4v) is 3.72. The summed E-state index contributed by atoms with van der Waals surface area (Å²) in [7, 11) is 0. The maximum absolute atomic E-state index is 12.9. The molecule has 36 heavy (non-hydrogen) atoms. The zero-order valence-electron chi connectivity index (χ0n) is 19.1. The highest BCUT2D eigenvalue weighted by Gasteiger charge is 2.18. The van der Waals surface area contributed by atoms with Crippen LogP contribution in [0.2, 0.25) is 0 Å². The smallest absolute Gasteiger partial charge is 0.278 e. The molecule has 0 unspecified atom stereocenters. The van der Waals surface area contributed by atoms with Crippen LogP contribution in [0.15, 0.2) is 85.1 Å². The van der Waals surface area contributed by atoms with Gasteiger partial charge in [-0.3, -0.25) is 14.9 Å². The van der Waals surface area contributed by atoms with Gasteiger partial charge in [-0.15, -0.1) is 10.2 Å². The van der Waals surface area contributed by atoms with Crippen LogP contribution in [0, 0.1) is 17.0 Å². The first-order valence-corrected chi connectivity index (χ1v) is 11.0. The number of benzene rings is 3. The fraction of sp³-hybridized carbons (Fsp3) is 0.0800. The number of amides is 1. The molecule has 2 aromatic heterocycles. The lowest BCUT2D eigenvalue weighted by atomic mass is 10.1. The van der Waals surface area contributed by atoms with Crippen LogP contribution < -0.4 is 5.32 Å². The number of nitro groups is 1. The molecule has 11 heteroatoms. The number of hydrogen-bond donors (Lipinski definition) is 1. The lowest BCUT2D eigenvalue weighted by Crippen LogP contribution is -2.14. The molecule has 0 fully saturated rings. The van der Waals surface area contributed by atoms with Crippen LogP contribution in [0.5, 0.6) is 0 Å². The van der Waals surface area contributed by atoms with Gasteiger partial charge in [0.25, 0.3) is 11.6 Å². The normalized spacial score (nSPS) is 10.8. The summed E-state index contributed by atoms with van der Waals surface area (Å²) in [5, 5.41) is 30.2. The van der Waals surface area contributed by atoms with Gasteiger partial charge in [-0.05, 0) is 36.8 Å². The highest BCUT2D eigenvalue weighted by atomic mass is 16.6. The Kier molecular flexibility index (Phi) is 6.02. The Morgan fingerprint density at radius 3 is 2.50 bits per heavy atom. The van der Waals surface area contributed by atoms with E-state index in [-0.39, 0.29) is 11.4 Å². The van der Waals surface area contributed by atoms with Crippen molar-refractivity contribution in [3.8, 4) is 16.9 Å². The van der Waals surface area contributed by atoms with Gasteiger partial charge in [0.2, 0.25) is 0 Å². The fourth-order valence-electron chi connectivity index (χ4n) is 3.72. The van der Waals surface area contributed by atoms with E-state index in [1.165, 1.54) is 16.8 Å². The molecular formula is C25H20N8O3. The Morgan fingerprint density at radius 1 is 0.972 bits per heavy atom. The zero-order chi connectivity index (χ0) is 25.1. The van der Waals surface area contributed by atoms with Crippen LogP contribution in [0.1, 0.15) is 21.7 Å². The summed E-state index contributed by atoms with van der Waals surface area (Å²) < 4.78 is 3.22. The first-order chi connectivity index (χ1) is 17.5. The van der Waals surface area contributed by atoms with Gasteiger partial charge in [0, 0.05) is 23.4 Å². The SMILES string of the molecule is Cc1c(C(=O)Nc2cccc(-c3cn(Cc4ccccc4)nn3)c2)nnn1-c1ccc([N+](=O)[O-])cc1. The Bertz CT molecular complexity index is 1540. The Hall–Kier alpha value is -5.19. The quantitative estimate of drug-likeness (QED) is 0.274. The van der Waals surface area contributed by atoms with Gasteiger partial charge in [-0.25, -0.2) is 9.36 Å². The average molecular weight is 480 g/mol. The second-order valence-corrected chi connectivity index (χ2v) is 8.03. The van der Waals surface area contributed by atoms with E-state index < -0.39 is 10.8 Å². The summed E-state index contributed by atoms with van der Waals surface area (Å²) >= 11 is 0. The third-order valence-corrected chi connectivity index (χ3v) is 5.56. The van der Waals surface area contributed by atoms with Crippen molar-refractivity contribution < 1.29 is 9.72 Å². The molecule has 0 saturated heterocycles. The minimum absolute atomic E-state index is 0.0329. The number of nitrogens with one attached hydrogen (secondary N) is 1. The van der Waals surface area contributed by atoms with Crippen molar-refractivity contribution in [3.63, 3.8) is 0 Å². The molecular weight excluding hydrogens is 460 g/mol. The van der Waals surface area contributed by atoms with Gasteiger partial charge < -0.3 is 5.32 Å². The van der Waals surface area contributed by atoms with Gasteiger partial charge in [0.05, 0.1) is 29.0 Å². The van der Waals surface area contributed by atoms with Crippen molar-refractivity contribution in [2.45, 2.75) is 13.5 Å². The minimum atomic E-state index is -0.477. The molecule has 0 radical (unpaired) electrons. The molecule has 0 spiro atoms. The first kappa shape index (κ1) is 22.6. The van der Waals surface area contributed by atoms with E-state index >= 15 is 0 Å². The van der Waals surface area contributed by atoms with E-state index in [4.69, 9.17) is 0 Å². The van der Waals surface area contributed by atoms with Crippen LogP contribution in [0.25, 0.3) is 16.9 Å². The number of nitrogens with zero attached hydrogens (tertiary/aromatic N) is 7. The molecule has 5 rings (SSSR count). The number of aromatic nitrogens is 6. The molecule has 178 valence electrons. The van der Waals surface area contributed by atoms with E-state index in [0.717, 1.165) is 11.1 Å². The highest BCUT2D eigenvalue weighted by Crippen LogP contribution is 2.22. The van der Waals surface area contributed by atoms with Crippen LogP contribution in [-0.2, 0) is 6.54 Å². The van der Waals surface area contributed by atoms with Gasteiger partial charge in [0.1, 0.15) is 5.69 Å². The van der Waals surface area contributed by atoms with Gasteiger partial charge in [-0.1, -0.05) is 52.9 Å². The van der Waals surface area contributed by atoms with Crippen LogP contribution in [0.3, 0.4) is 0 Å². The summed E-state index contributed by atoms with van der Waals surface area (Å²) in [4.78, 5) is 23.3. The number of carbonyl (C=O) groups is 1. The van der Waals surface area contributed by atoms with Crippen LogP contribution >= 0.6 is 0 Å². The molecule has 5 aromatic rings. The standard InChI is InChI=1S/C25H20N8O3/c1-17-24(28-30-32(17)21-10-12-22(13-11-21)33(35)36)25(34)26-20-9-5-8-19(14-20)23-16-31(29-27-23)15-18-6-3-2-4-7-18/h2-14,16H,15H2,1H3,(H,26,34). The van der Waals surface area contributed by atoms with E-state index in [1.807, 2.05) is 54.7 Å². The van der Waals surface area contributed by atoms with Crippen molar-refractivity contribution >= 4 is 17.3 Å². The largest absolute Gasteiger partial charge is 0.321 e. The maximum Gasteiger partial charge on any atom is 0.278 e. The predicted molar refractivity (Wildman–Crippen MR) is 132 cm³/mol. The Morgan fingerprint density at radius 2 is 1.75 bits per heavy atom. The summed E-state index contributed by atoms with van der Waals surface area (Å²) in [6, 6.07) is 23.1. The second kappa shape index (κ2) is 9.58.